The van der Waals surface area contributed by atoms with E-state index in [1.165, 1.54) is 13.8 Å². The third-order valence-electron chi connectivity index (χ3n) is 5.70. The van der Waals surface area contributed by atoms with Gasteiger partial charge in [0, 0.05) is 19.5 Å². The van der Waals surface area contributed by atoms with Crippen molar-refractivity contribution in [3.05, 3.63) is 72.3 Å². The van der Waals surface area contributed by atoms with Gasteiger partial charge in [0.1, 0.15) is 24.6 Å². The predicted octanol–water partition coefficient (Wildman–Crippen LogP) is 2.94. The molecular weight excluding hydrogens is 454 g/mol. The van der Waals surface area contributed by atoms with Crippen molar-refractivity contribution in [2.45, 2.75) is 44.5 Å². The minimum absolute atomic E-state index is 0.129. The van der Waals surface area contributed by atoms with Crippen molar-refractivity contribution in [1.29, 1.82) is 0 Å². The van der Waals surface area contributed by atoms with Crippen molar-refractivity contribution >= 4 is 23.5 Å². The Bertz CT molecular complexity index is 1080. The van der Waals surface area contributed by atoms with Gasteiger partial charge >= 0.3 is 11.9 Å². The Balaban J connectivity index is 1.54. The number of carbonyl (C=O) groups is 3. The second-order valence-electron chi connectivity index (χ2n) is 8.12. The standard InChI is InChI=1S/C26H27NO8/c1-16(28)32-15-22-21(33-17(2)29)13-14-23(34-22)35-25-24(18-7-5-4-6-8-18)27(26(25)30)19-9-11-20(31-3)12-10-19/h4-14,21-25H,15H2,1-3H3/t21-,22+,23+,24+,25-/m0/s1. The number of hydrogen-bond donors (Lipinski definition) is 0. The molecule has 0 saturated carbocycles. The van der Waals surface area contributed by atoms with Gasteiger partial charge in [-0.1, -0.05) is 30.3 Å². The zero-order valence-corrected chi connectivity index (χ0v) is 19.7. The average molecular weight is 482 g/mol. The lowest BCUT2D eigenvalue weighted by Gasteiger charge is -2.48. The molecule has 5 atom stereocenters. The number of β-lactam (4-membered cyclic amide) rings is 1. The van der Waals surface area contributed by atoms with Crippen molar-refractivity contribution in [1.82, 2.24) is 0 Å². The van der Waals surface area contributed by atoms with Crippen molar-refractivity contribution in [3.8, 4) is 5.75 Å². The fraction of sp³-hybridized carbons (Fsp3) is 0.346. The van der Waals surface area contributed by atoms with Crippen LogP contribution >= 0.6 is 0 Å². The molecule has 4 rings (SSSR count). The number of nitrogens with zero attached hydrogens (tertiary/aromatic N) is 1. The Hall–Kier alpha value is -3.69. The second-order valence-corrected chi connectivity index (χ2v) is 8.12. The van der Waals surface area contributed by atoms with Crippen molar-refractivity contribution in [2.24, 2.45) is 0 Å². The van der Waals surface area contributed by atoms with E-state index in [1.807, 2.05) is 42.5 Å². The summed E-state index contributed by atoms with van der Waals surface area (Å²) in [6.45, 7) is 2.43. The van der Waals surface area contributed by atoms with Gasteiger partial charge in [0.25, 0.3) is 5.91 Å². The molecule has 1 saturated heterocycles. The van der Waals surface area contributed by atoms with Crippen molar-refractivity contribution in [2.75, 3.05) is 18.6 Å². The van der Waals surface area contributed by atoms with Crippen LogP contribution in [0.1, 0.15) is 25.5 Å². The Labute approximate surface area is 203 Å². The van der Waals surface area contributed by atoms with E-state index in [2.05, 4.69) is 0 Å². The summed E-state index contributed by atoms with van der Waals surface area (Å²) in [6, 6.07) is 16.4. The van der Waals surface area contributed by atoms with Gasteiger partial charge in [-0.2, -0.15) is 0 Å². The first kappa shape index (κ1) is 24.4. The summed E-state index contributed by atoms with van der Waals surface area (Å²) in [4.78, 5) is 37.6. The lowest BCUT2D eigenvalue weighted by molar-refractivity contribution is -0.217. The highest BCUT2D eigenvalue weighted by atomic mass is 16.7. The van der Waals surface area contributed by atoms with Crippen LogP contribution in [0.15, 0.2) is 66.7 Å². The van der Waals surface area contributed by atoms with Gasteiger partial charge in [0.05, 0.1) is 13.2 Å². The molecule has 0 N–H and O–H groups in total. The van der Waals surface area contributed by atoms with Gasteiger partial charge in [-0.15, -0.1) is 0 Å². The number of hydrogen-bond acceptors (Lipinski definition) is 8. The smallest absolute Gasteiger partial charge is 0.303 e. The molecule has 9 heteroatoms. The minimum atomic E-state index is -0.902. The fourth-order valence-electron chi connectivity index (χ4n) is 4.08. The van der Waals surface area contributed by atoms with Crippen LogP contribution in [0.5, 0.6) is 5.75 Å². The molecule has 0 unspecified atom stereocenters. The lowest BCUT2D eigenvalue weighted by Crippen LogP contribution is -2.61. The maximum absolute atomic E-state index is 13.2. The van der Waals surface area contributed by atoms with Crippen LogP contribution < -0.4 is 9.64 Å². The zero-order chi connectivity index (χ0) is 24.9. The molecule has 35 heavy (non-hydrogen) atoms. The normalized spacial score (nSPS) is 25.5. The summed E-state index contributed by atoms with van der Waals surface area (Å²) in [5.74, 6) is -0.521. The van der Waals surface area contributed by atoms with Gasteiger partial charge in [0.2, 0.25) is 0 Å². The van der Waals surface area contributed by atoms with E-state index in [0.29, 0.717) is 11.4 Å². The van der Waals surface area contributed by atoms with E-state index in [-0.39, 0.29) is 18.6 Å². The highest BCUT2D eigenvalue weighted by molar-refractivity contribution is 6.05. The first-order valence-electron chi connectivity index (χ1n) is 11.2. The van der Waals surface area contributed by atoms with Crippen molar-refractivity contribution < 1.29 is 38.1 Å². The van der Waals surface area contributed by atoms with Crippen molar-refractivity contribution in [3.63, 3.8) is 0 Å². The molecule has 2 aliphatic rings. The van der Waals surface area contributed by atoms with Crippen LogP contribution in [0, 0.1) is 0 Å². The SMILES string of the molecule is COc1ccc(N2C(=O)[C@@H](O[C@@H]3C=C[C@H](OC(C)=O)[C@@H](COC(C)=O)O3)[C@H]2c2ccccc2)cc1. The molecule has 1 fully saturated rings. The van der Waals surface area contributed by atoms with Gasteiger partial charge in [0.15, 0.2) is 12.4 Å². The highest BCUT2D eigenvalue weighted by Crippen LogP contribution is 2.42. The van der Waals surface area contributed by atoms with Crippen LogP contribution in [0.4, 0.5) is 5.69 Å². The maximum Gasteiger partial charge on any atom is 0.303 e. The number of rotatable bonds is 8. The summed E-state index contributed by atoms with van der Waals surface area (Å²) in [7, 11) is 1.58. The lowest BCUT2D eigenvalue weighted by atomic mass is 9.89. The first-order chi connectivity index (χ1) is 16.9. The third kappa shape index (κ3) is 5.52. The maximum atomic E-state index is 13.2. The molecule has 1 amide bonds. The molecule has 184 valence electrons. The summed E-state index contributed by atoms with van der Waals surface area (Å²) < 4.78 is 27.5. The van der Waals surface area contributed by atoms with Gasteiger partial charge in [-0.05, 0) is 42.0 Å². The molecule has 2 heterocycles. The highest BCUT2D eigenvalue weighted by Gasteiger charge is 2.51. The number of anilines is 1. The quantitative estimate of drug-likeness (QED) is 0.322. The molecule has 2 aromatic carbocycles. The van der Waals surface area contributed by atoms with Gasteiger partial charge in [-0.25, -0.2) is 0 Å². The number of benzene rings is 2. The third-order valence-corrected chi connectivity index (χ3v) is 5.70. The van der Waals surface area contributed by atoms with E-state index < -0.39 is 36.5 Å². The van der Waals surface area contributed by atoms with E-state index in [4.69, 9.17) is 23.7 Å². The summed E-state index contributed by atoms with van der Waals surface area (Å²) in [5.41, 5.74) is 1.62. The van der Waals surface area contributed by atoms with Gasteiger partial charge < -0.3 is 23.7 Å². The molecule has 0 spiro atoms. The number of methoxy groups -OCH3 is 1. The largest absolute Gasteiger partial charge is 0.497 e. The number of esters is 2. The van der Waals surface area contributed by atoms with E-state index in [9.17, 15) is 14.4 Å². The molecule has 2 aromatic rings. The van der Waals surface area contributed by atoms with Crippen LogP contribution in [0.3, 0.4) is 0 Å². The van der Waals surface area contributed by atoms with Crippen LogP contribution in [0.25, 0.3) is 0 Å². The minimum Gasteiger partial charge on any atom is -0.497 e. The molecule has 0 bridgehead atoms. The first-order valence-corrected chi connectivity index (χ1v) is 11.2. The van der Waals surface area contributed by atoms with Gasteiger partial charge in [-0.3, -0.25) is 19.3 Å². The number of carbonyl (C=O) groups excluding carboxylic acids is 3. The molecule has 0 radical (unpaired) electrons. The predicted molar refractivity (Wildman–Crippen MR) is 125 cm³/mol. The molecular formula is C26H27NO8. The summed E-state index contributed by atoms with van der Waals surface area (Å²) in [6.07, 6.45) is -0.0331. The van der Waals surface area contributed by atoms with E-state index >= 15 is 0 Å². The van der Waals surface area contributed by atoms with Crippen LogP contribution in [-0.4, -0.2) is 56.2 Å². The summed E-state index contributed by atoms with van der Waals surface area (Å²) in [5, 5.41) is 0. The van der Waals surface area contributed by atoms with E-state index in [1.54, 1.807) is 36.3 Å². The summed E-state index contributed by atoms with van der Waals surface area (Å²) >= 11 is 0. The fourth-order valence-corrected chi connectivity index (χ4v) is 4.08. The Morgan fingerprint density at radius 3 is 2.31 bits per heavy atom. The topological polar surface area (TPSA) is 101 Å². The van der Waals surface area contributed by atoms with Crippen LogP contribution in [0.2, 0.25) is 0 Å². The Morgan fingerprint density at radius 2 is 1.69 bits per heavy atom. The monoisotopic (exact) mass is 481 g/mol. The molecule has 0 aromatic heterocycles. The molecule has 2 aliphatic heterocycles. The Kier molecular flexibility index (Phi) is 7.48. The molecule has 0 aliphatic carbocycles. The van der Waals surface area contributed by atoms with Crippen LogP contribution in [-0.2, 0) is 33.3 Å². The molecule has 9 nitrogen and oxygen atoms in total. The zero-order valence-electron chi connectivity index (χ0n) is 19.7. The number of ether oxygens (including phenoxy) is 5. The van der Waals surface area contributed by atoms with E-state index in [0.717, 1.165) is 5.56 Å². The number of amides is 1. The average Bonchev–Trinajstić information content (AvgIpc) is 2.85. The Morgan fingerprint density at radius 1 is 0.971 bits per heavy atom. The second kappa shape index (κ2) is 10.7.